The lowest BCUT2D eigenvalue weighted by Gasteiger charge is -2.20. The minimum absolute atomic E-state index is 0.0456. The Bertz CT molecular complexity index is 771. The molecule has 2 aromatic heterocycles. The van der Waals surface area contributed by atoms with Gasteiger partial charge < -0.3 is 15.1 Å². The average Bonchev–Trinajstić information content (AvgIpc) is 3.23. The smallest absolute Gasteiger partial charge is 0.255 e. The lowest BCUT2D eigenvalue weighted by atomic mass is 10.1. The van der Waals surface area contributed by atoms with Crippen molar-refractivity contribution < 1.29 is 4.79 Å². The number of rotatable bonds is 6. The van der Waals surface area contributed by atoms with Gasteiger partial charge in [-0.2, -0.15) is 0 Å². The van der Waals surface area contributed by atoms with E-state index < -0.39 is 0 Å². The highest BCUT2D eigenvalue weighted by Crippen LogP contribution is 2.28. The number of carbonyl (C=O) groups excluding carboxylic acids is 1. The molecule has 0 aliphatic carbocycles. The fourth-order valence-corrected chi connectivity index (χ4v) is 4.33. The molecule has 1 saturated heterocycles. The number of amides is 1. The molecule has 3 rings (SSSR count). The van der Waals surface area contributed by atoms with Gasteiger partial charge in [-0.3, -0.25) is 4.79 Å². The predicted octanol–water partition coefficient (Wildman–Crippen LogP) is 3.40. The Labute approximate surface area is 160 Å². The van der Waals surface area contributed by atoms with Crippen LogP contribution in [-0.4, -0.2) is 56.1 Å². The van der Waals surface area contributed by atoms with E-state index in [2.05, 4.69) is 35.6 Å². The van der Waals surface area contributed by atoms with Crippen LogP contribution in [0.1, 0.15) is 35.2 Å². The van der Waals surface area contributed by atoms with Crippen molar-refractivity contribution in [2.45, 2.75) is 32.2 Å². The van der Waals surface area contributed by atoms with Gasteiger partial charge in [-0.25, -0.2) is 4.98 Å². The number of nitrogens with one attached hydrogen (secondary N) is 1. The van der Waals surface area contributed by atoms with Crippen LogP contribution in [0.25, 0.3) is 10.6 Å². The molecule has 5 nitrogen and oxygen atoms in total. The summed E-state index contributed by atoms with van der Waals surface area (Å²) in [5, 5.41) is 5.19. The number of aromatic nitrogens is 1. The standard InChI is InChI=1S/C20H28N4OS/c1-14-12-18(26-13-14)17-8-7-16(19(22-17)23(2)3)20(25)21-10-9-15-6-5-11-24(15)4/h7-8,12-13,15H,5-6,9-11H2,1-4H3,(H,21,25). The van der Waals surface area contributed by atoms with E-state index in [4.69, 9.17) is 4.98 Å². The molecular weight excluding hydrogens is 344 g/mol. The number of thiophene rings is 1. The first-order chi connectivity index (χ1) is 12.5. The lowest BCUT2D eigenvalue weighted by molar-refractivity contribution is 0.0950. The third kappa shape index (κ3) is 4.24. The maximum atomic E-state index is 12.7. The summed E-state index contributed by atoms with van der Waals surface area (Å²) in [6.07, 6.45) is 3.48. The first-order valence-corrected chi connectivity index (χ1v) is 10.1. The Hall–Kier alpha value is -1.92. The average molecular weight is 373 g/mol. The van der Waals surface area contributed by atoms with Crippen molar-refractivity contribution in [2.24, 2.45) is 0 Å². The molecule has 1 fully saturated rings. The van der Waals surface area contributed by atoms with Gasteiger partial charge >= 0.3 is 0 Å². The summed E-state index contributed by atoms with van der Waals surface area (Å²) < 4.78 is 0. The predicted molar refractivity (Wildman–Crippen MR) is 109 cm³/mol. The molecule has 1 amide bonds. The Morgan fingerprint density at radius 3 is 2.85 bits per heavy atom. The van der Waals surface area contributed by atoms with Gasteiger partial charge in [0.1, 0.15) is 5.82 Å². The minimum atomic E-state index is -0.0456. The highest BCUT2D eigenvalue weighted by molar-refractivity contribution is 7.13. The number of aryl methyl sites for hydroxylation is 1. The van der Waals surface area contributed by atoms with E-state index in [-0.39, 0.29) is 5.91 Å². The van der Waals surface area contributed by atoms with Crippen molar-refractivity contribution in [3.63, 3.8) is 0 Å². The van der Waals surface area contributed by atoms with Gasteiger partial charge in [-0.15, -0.1) is 11.3 Å². The zero-order valence-electron chi connectivity index (χ0n) is 16.1. The van der Waals surface area contributed by atoms with Crippen LogP contribution >= 0.6 is 11.3 Å². The van der Waals surface area contributed by atoms with Crippen LogP contribution in [0.2, 0.25) is 0 Å². The molecule has 1 N–H and O–H groups in total. The monoisotopic (exact) mass is 372 g/mol. The molecule has 6 heteroatoms. The highest BCUT2D eigenvalue weighted by atomic mass is 32.1. The Balaban J connectivity index is 1.70. The molecule has 1 unspecified atom stereocenters. The second-order valence-electron chi connectivity index (χ2n) is 7.27. The SMILES string of the molecule is Cc1csc(-c2ccc(C(=O)NCCC3CCCN3C)c(N(C)C)n2)c1. The molecule has 1 aliphatic rings. The first-order valence-electron chi connectivity index (χ1n) is 9.18. The van der Waals surface area contributed by atoms with Crippen molar-refractivity contribution in [3.8, 4) is 10.6 Å². The summed E-state index contributed by atoms with van der Waals surface area (Å²) >= 11 is 1.68. The molecule has 0 spiro atoms. The summed E-state index contributed by atoms with van der Waals surface area (Å²) in [6.45, 7) is 3.94. The van der Waals surface area contributed by atoms with Crippen LogP contribution in [0.5, 0.6) is 0 Å². The number of pyridine rings is 1. The lowest BCUT2D eigenvalue weighted by Crippen LogP contribution is -2.32. The summed E-state index contributed by atoms with van der Waals surface area (Å²) in [7, 11) is 6.02. The quantitative estimate of drug-likeness (QED) is 0.844. The summed E-state index contributed by atoms with van der Waals surface area (Å²) in [5.74, 6) is 0.666. The number of nitrogens with zero attached hydrogens (tertiary/aromatic N) is 3. The van der Waals surface area contributed by atoms with E-state index in [1.54, 1.807) is 11.3 Å². The normalized spacial score (nSPS) is 17.5. The van der Waals surface area contributed by atoms with Gasteiger partial charge in [0.05, 0.1) is 16.1 Å². The van der Waals surface area contributed by atoms with Crippen LogP contribution < -0.4 is 10.2 Å². The van der Waals surface area contributed by atoms with Crippen molar-refractivity contribution in [1.29, 1.82) is 0 Å². The fourth-order valence-electron chi connectivity index (χ4n) is 3.46. The summed E-state index contributed by atoms with van der Waals surface area (Å²) in [5.41, 5.74) is 2.78. The molecular formula is C20H28N4OS. The van der Waals surface area contributed by atoms with E-state index in [9.17, 15) is 4.79 Å². The van der Waals surface area contributed by atoms with Crippen molar-refractivity contribution in [3.05, 3.63) is 34.7 Å². The molecule has 2 aromatic rings. The molecule has 1 atom stereocenters. The van der Waals surface area contributed by atoms with Crippen LogP contribution in [0.4, 0.5) is 5.82 Å². The van der Waals surface area contributed by atoms with Gasteiger partial charge in [0, 0.05) is 26.7 Å². The number of likely N-dealkylation sites (tertiary alicyclic amines) is 1. The van der Waals surface area contributed by atoms with Gasteiger partial charge in [-0.1, -0.05) is 0 Å². The van der Waals surface area contributed by atoms with Crippen LogP contribution in [-0.2, 0) is 0 Å². The Morgan fingerprint density at radius 1 is 1.42 bits per heavy atom. The van der Waals surface area contributed by atoms with Crippen LogP contribution in [0.3, 0.4) is 0 Å². The van der Waals surface area contributed by atoms with Gasteiger partial charge in [0.25, 0.3) is 5.91 Å². The molecule has 140 valence electrons. The second kappa shape index (κ2) is 8.18. The maximum absolute atomic E-state index is 12.7. The molecule has 0 bridgehead atoms. The van der Waals surface area contributed by atoms with Gasteiger partial charge in [0.2, 0.25) is 0 Å². The number of hydrogen-bond donors (Lipinski definition) is 1. The summed E-state index contributed by atoms with van der Waals surface area (Å²) in [4.78, 5) is 22.8. The van der Waals surface area contributed by atoms with Gasteiger partial charge in [-0.05, 0) is 68.9 Å². The van der Waals surface area contributed by atoms with E-state index in [0.29, 0.717) is 24.0 Å². The third-order valence-corrected chi connectivity index (χ3v) is 6.03. The molecule has 1 aliphatic heterocycles. The number of anilines is 1. The van der Waals surface area contributed by atoms with E-state index in [1.807, 2.05) is 31.1 Å². The largest absolute Gasteiger partial charge is 0.362 e. The molecule has 26 heavy (non-hydrogen) atoms. The van der Waals surface area contributed by atoms with E-state index >= 15 is 0 Å². The van der Waals surface area contributed by atoms with Crippen molar-refractivity contribution >= 4 is 23.1 Å². The van der Waals surface area contributed by atoms with Crippen molar-refractivity contribution in [1.82, 2.24) is 15.2 Å². The Kier molecular flexibility index (Phi) is 5.94. The van der Waals surface area contributed by atoms with Crippen LogP contribution in [0.15, 0.2) is 23.6 Å². The zero-order valence-corrected chi connectivity index (χ0v) is 16.9. The third-order valence-electron chi connectivity index (χ3n) is 4.96. The van der Waals surface area contributed by atoms with Gasteiger partial charge in [0.15, 0.2) is 0 Å². The number of hydrogen-bond acceptors (Lipinski definition) is 5. The highest BCUT2D eigenvalue weighted by Gasteiger charge is 2.21. The second-order valence-corrected chi connectivity index (χ2v) is 8.18. The van der Waals surface area contributed by atoms with Crippen LogP contribution in [0, 0.1) is 6.92 Å². The summed E-state index contributed by atoms with van der Waals surface area (Å²) in [6, 6.07) is 6.55. The zero-order chi connectivity index (χ0) is 18.7. The topological polar surface area (TPSA) is 48.5 Å². The fraction of sp³-hybridized carbons (Fsp3) is 0.500. The maximum Gasteiger partial charge on any atom is 0.255 e. The molecule has 0 aromatic carbocycles. The molecule has 0 saturated carbocycles. The van der Waals surface area contributed by atoms with Crippen molar-refractivity contribution in [2.75, 3.05) is 39.1 Å². The Morgan fingerprint density at radius 2 is 2.23 bits per heavy atom. The first kappa shape index (κ1) is 18.9. The van der Waals surface area contributed by atoms with E-state index in [1.165, 1.54) is 18.4 Å². The minimum Gasteiger partial charge on any atom is -0.362 e. The van der Waals surface area contributed by atoms with E-state index in [0.717, 1.165) is 23.5 Å². The molecule has 3 heterocycles. The number of carbonyl (C=O) groups is 1. The molecule has 0 radical (unpaired) electrons.